The lowest BCUT2D eigenvalue weighted by Gasteiger charge is -2.08. The Bertz CT molecular complexity index is 404. The molecule has 2 N–H and O–H groups in total. The van der Waals surface area contributed by atoms with E-state index in [9.17, 15) is 18.9 Å². The predicted octanol–water partition coefficient (Wildman–Crippen LogP) is 2.45. The summed E-state index contributed by atoms with van der Waals surface area (Å²) in [5.41, 5.74) is -0.972. The van der Waals surface area contributed by atoms with Gasteiger partial charge in [-0.2, -0.15) is 0 Å². The summed E-state index contributed by atoms with van der Waals surface area (Å²) in [6, 6.07) is 1.36. The van der Waals surface area contributed by atoms with Gasteiger partial charge in [0.25, 0.3) is 5.69 Å². The number of hydrogen-bond acceptors (Lipinski definition) is 4. The summed E-state index contributed by atoms with van der Waals surface area (Å²) in [6.07, 6.45) is 2.02. The first-order valence-electron chi connectivity index (χ1n) is 5.54. The summed E-state index contributed by atoms with van der Waals surface area (Å²) in [7, 11) is 0. The van der Waals surface area contributed by atoms with E-state index < -0.39 is 22.2 Å². The van der Waals surface area contributed by atoms with Crippen molar-refractivity contribution in [1.29, 1.82) is 0 Å². The van der Waals surface area contributed by atoms with Gasteiger partial charge in [0.2, 0.25) is 0 Å². The SMILES string of the molecule is O=[N+]([O-])c1cc(F)c(NCCCCCO)c(F)c1. The van der Waals surface area contributed by atoms with Crippen molar-refractivity contribution in [2.75, 3.05) is 18.5 Å². The molecule has 18 heavy (non-hydrogen) atoms. The van der Waals surface area contributed by atoms with Crippen LogP contribution in [0.5, 0.6) is 0 Å². The van der Waals surface area contributed by atoms with Crippen molar-refractivity contribution in [2.45, 2.75) is 19.3 Å². The molecule has 5 nitrogen and oxygen atoms in total. The minimum Gasteiger partial charge on any atom is -0.396 e. The zero-order chi connectivity index (χ0) is 13.5. The summed E-state index contributed by atoms with van der Waals surface area (Å²) in [5.74, 6) is -1.97. The number of benzene rings is 1. The fourth-order valence-electron chi connectivity index (χ4n) is 1.46. The molecule has 0 radical (unpaired) electrons. The van der Waals surface area contributed by atoms with E-state index in [2.05, 4.69) is 5.32 Å². The van der Waals surface area contributed by atoms with E-state index in [1.165, 1.54) is 0 Å². The van der Waals surface area contributed by atoms with Crippen molar-refractivity contribution >= 4 is 11.4 Å². The molecule has 0 spiro atoms. The molecule has 0 aliphatic carbocycles. The number of nitro groups is 1. The molecular formula is C11H14F2N2O3. The minimum atomic E-state index is -0.983. The Morgan fingerprint density at radius 3 is 2.33 bits per heavy atom. The molecule has 0 aliphatic rings. The van der Waals surface area contributed by atoms with Crippen molar-refractivity contribution in [3.8, 4) is 0 Å². The van der Waals surface area contributed by atoms with E-state index in [4.69, 9.17) is 5.11 Å². The number of nitrogens with one attached hydrogen (secondary N) is 1. The molecule has 100 valence electrons. The Hall–Kier alpha value is -1.76. The van der Waals surface area contributed by atoms with Crippen molar-refractivity contribution in [2.24, 2.45) is 0 Å². The molecule has 1 aromatic rings. The molecule has 0 atom stereocenters. The lowest BCUT2D eigenvalue weighted by atomic mass is 10.2. The molecule has 0 saturated heterocycles. The van der Waals surface area contributed by atoms with Crippen LogP contribution in [0.25, 0.3) is 0 Å². The zero-order valence-corrected chi connectivity index (χ0v) is 9.66. The number of rotatable bonds is 7. The summed E-state index contributed by atoms with van der Waals surface area (Å²) < 4.78 is 26.8. The third-order valence-corrected chi connectivity index (χ3v) is 2.37. The topological polar surface area (TPSA) is 75.4 Å². The van der Waals surface area contributed by atoms with E-state index >= 15 is 0 Å². The van der Waals surface area contributed by atoms with E-state index in [1.807, 2.05) is 0 Å². The molecule has 1 rings (SSSR count). The number of nitro benzene ring substituents is 1. The van der Waals surface area contributed by atoms with Gasteiger partial charge in [0.15, 0.2) is 11.6 Å². The number of nitrogens with zero attached hydrogens (tertiary/aromatic N) is 1. The summed E-state index contributed by atoms with van der Waals surface area (Å²) in [6.45, 7) is 0.423. The van der Waals surface area contributed by atoms with Crippen LogP contribution in [0.3, 0.4) is 0 Å². The smallest absolute Gasteiger partial charge is 0.275 e. The highest BCUT2D eigenvalue weighted by atomic mass is 19.1. The third-order valence-electron chi connectivity index (χ3n) is 2.37. The van der Waals surface area contributed by atoms with Gasteiger partial charge in [0.1, 0.15) is 5.69 Å². The second-order valence-corrected chi connectivity index (χ2v) is 3.75. The largest absolute Gasteiger partial charge is 0.396 e. The number of hydrogen-bond donors (Lipinski definition) is 2. The quantitative estimate of drug-likeness (QED) is 0.448. The van der Waals surface area contributed by atoms with E-state index in [-0.39, 0.29) is 12.3 Å². The van der Waals surface area contributed by atoms with Gasteiger partial charge in [0, 0.05) is 13.2 Å². The number of unbranched alkanes of at least 4 members (excludes halogenated alkanes) is 2. The van der Waals surface area contributed by atoms with E-state index in [0.29, 0.717) is 31.5 Å². The standard InChI is InChI=1S/C11H14F2N2O3/c12-9-6-8(15(17)18)7-10(13)11(9)14-4-2-1-3-5-16/h6-7,14,16H,1-5H2. The van der Waals surface area contributed by atoms with Crippen LogP contribution in [0.4, 0.5) is 20.2 Å². The van der Waals surface area contributed by atoms with Gasteiger partial charge < -0.3 is 10.4 Å². The highest BCUT2D eigenvalue weighted by Crippen LogP contribution is 2.24. The first-order chi connectivity index (χ1) is 8.56. The molecule has 0 bridgehead atoms. The molecule has 0 aliphatic heterocycles. The van der Waals surface area contributed by atoms with Gasteiger partial charge in [-0.25, -0.2) is 8.78 Å². The van der Waals surface area contributed by atoms with Gasteiger partial charge in [0.05, 0.1) is 17.1 Å². The Morgan fingerprint density at radius 2 is 1.83 bits per heavy atom. The number of halogens is 2. The van der Waals surface area contributed by atoms with Crippen molar-refractivity contribution in [1.82, 2.24) is 0 Å². The lowest BCUT2D eigenvalue weighted by Crippen LogP contribution is -2.06. The summed E-state index contributed by atoms with van der Waals surface area (Å²) in [4.78, 5) is 9.53. The van der Waals surface area contributed by atoms with Gasteiger partial charge >= 0.3 is 0 Å². The maximum absolute atomic E-state index is 13.4. The van der Waals surface area contributed by atoms with Gasteiger partial charge in [-0.15, -0.1) is 0 Å². The minimum absolute atomic E-state index is 0.0836. The molecule has 0 amide bonds. The van der Waals surface area contributed by atoms with Crippen molar-refractivity contribution in [3.05, 3.63) is 33.9 Å². The molecule has 7 heteroatoms. The van der Waals surface area contributed by atoms with E-state index in [1.54, 1.807) is 0 Å². The van der Waals surface area contributed by atoms with Gasteiger partial charge in [-0.1, -0.05) is 0 Å². The van der Waals surface area contributed by atoms with Crippen LogP contribution < -0.4 is 5.32 Å². The van der Waals surface area contributed by atoms with E-state index in [0.717, 1.165) is 6.42 Å². The van der Waals surface area contributed by atoms with Gasteiger partial charge in [-0.3, -0.25) is 10.1 Å². The van der Waals surface area contributed by atoms with Crippen LogP contribution in [0.1, 0.15) is 19.3 Å². The van der Waals surface area contributed by atoms with Crippen LogP contribution >= 0.6 is 0 Å². The predicted molar refractivity (Wildman–Crippen MR) is 62.4 cm³/mol. The van der Waals surface area contributed by atoms with Crippen LogP contribution in [0.2, 0.25) is 0 Å². The number of anilines is 1. The second kappa shape index (κ2) is 6.85. The van der Waals surface area contributed by atoms with Crippen LogP contribution in [-0.4, -0.2) is 23.2 Å². The second-order valence-electron chi connectivity index (χ2n) is 3.75. The molecule has 1 aromatic carbocycles. The first-order valence-corrected chi connectivity index (χ1v) is 5.54. The maximum atomic E-state index is 13.4. The van der Waals surface area contributed by atoms with Gasteiger partial charge in [-0.05, 0) is 19.3 Å². The average molecular weight is 260 g/mol. The molecule has 0 unspecified atom stereocenters. The Kier molecular flexibility index (Phi) is 5.44. The number of aliphatic hydroxyl groups is 1. The van der Waals surface area contributed by atoms with Crippen LogP contribution in [0, 0.1) is 21.7 Å². The Morgan fingerprint density at radius 1 is 1.22 bits per heavy atom. The fourth-order valence-corrected chi connectivity index (χ4v) is 1.46. The normalized spacial score (nSPS) is 10.4. The third kappa shape index (κ3) is 3.92. The molecule has 0 heterocycles. The van der Waals surface area contributed by atoms with Crippen LogP contribution in [-0.2, 0) is 0 Å². The summed E-state index contributed by atoms with van der Waals surface area (Å²) >= 11 is 0. The molecule has 0 aromatic heterocycles. The monoisotopic (exact) mass is 260 g/mol. The van der Waals surface area contributed by atoms with Crippen LogP contribution in [0.15, 0.2) is 12.1 Å². The van der Waals surface area contributed by atoms with Crippen molar-refractivity contribution < 1.29 is 18.8 Å². The average Bonchev–Trinajstić information content (AvgIpc) is 2.31. The number of non-ortho nitro benzene ring substituents is 1. The zero-order valence-electron chi connectivity index (χ0n) is 9.66. The summed E-state index contributed by atoms with van der Waals surface area (Å²) in [5, 5.41) is 21.5. The Balaban J connectivity index is 2.63. The Labute approximate surface area is 103 Å². The molecule has 0 saturated carbocycles. The highest BCUT2D eigenvalue weighted by molar-refractivity contribution is 5.51. The maximum Gasteiger partial charge on any atom is 0.275 e. The van der Waals surface area contributed by atoms with Crippen molar-refractivity contribution in [3.63, 3.8) is 0 Å². The highest BCUT2D eigenvalue weighted by Gasteiger charge is 2.16. The number of aliphatic hydroxyl groups excluding tert-OH is 1. The molecule has 0 fully saturated rings. The molecular weight excluding hydrogens is 246 g/mol. The fraction of sp³-hybridized carbons (Fsp3) is 0.455. The lowest BCUT2D eigenvalue weighted by molar-refractivity contribution is -0.385. The first kappa shape index (κ1) is 14.3.